The van der Waals surface area contributed by atoms with E-state index in [0.717, 1.165) is 29.7 Å². The van der Waals surface area contributed by atoms with E-state index < -0.39 is 41.7 Å². The van der Waals surface area contributed by atoms with Gasteiger partial charge in [-0.2, -0.15) is 0 Å². The van der Waals surface area contributed by atoms with Gasteiger partial charge in [0.1, 0.15) is 17.7 Å². The molecule has 274 valence electrons. The summed E-state index contributed by atoms with van der Waals surface area (Å²) in [4.78, 5) is 59.5. The van der Waals surface area contributed by atoms with Crippen molar-refractivity contribution in [2.24, 2.45) is 11.8 Å². The number of aliphatic hydroxyl groups is 1. The topological polar surface area (TPSA) is 125 Å². The van der Waals surface area contributed by atoms with E-state index in [1.54, 1.807) is 22.0 Å². The molecule has 2 bridgehead atoms. The minimum atomic E-state index is -1.26. The lowest BCUT2D eigenvalue weighted by Crippen LogP contribution is -2.57. The molecule has 3 saturated heterocycles. The molecule has 3 aliphatic heterocycles. The quantitative estimate of drug-likeness (QED) is 0.0891. The van der Waals surface area contributed by atoms with Gasteiger partial charge in [0.15, 0.2) is 0 Å². The van der Waals surface area contributed by atoms with E-state index in [2.05, 4.69) is 34.4 Å². The Bertz CT molecular complexity index is 1600. The predicted molar refractivity (Wildman–Crippen MR) is 199 cm³/mol. The summed E-state index contributed by atoms with van der Waals surface area (Å²) < 4.78 is 13.0. The first-order chi connectivity index (χ1) is 24.6. The highest BCUT2D eigenvalue weighted by molar-refractivity contribution is 9.09. The molecule has 2 N–H and O–H groups in total. The lowest BCUT2D eigenvalue weighted by molar-refractivity contribution is -0.160. The molecule has 0 aromatic heterocycles. The van der Waals surface area contributed by atoms with E-state index in [0.29, 0.717) is 37.8 Å². The average Bonchev–Trinajstić information content (AvgIpc) is 3.72. The number of fused-ring (bicyclic) bond motifs is 1. The van der Waals surface area contributed by atoms with Gasteiger partial charge in [0.25, 0.3) is 5.91 Å². The molecule has 3 amide bonds. The number of alkyl halides is 1. The smallest absolute Gasteiger partial charge is 0.313 e. The first-order valence-electron chi connectivity index (χ1n) is 17.9. The molecule has 0 saturated carbocycles. The Morgan fingerprint density at radius 3 is 2.57 bits per heavy atom. The first-order valence-corrected chi connectivity index (χ1v) is 18.8. The highest BCUT2D eigenvalue weighted by Crippen LogP contribution is 2.60. The molecule has 2 aromatic rings. The number of carbonyl (C=O) groups excluding carboxylic acids is 4. The lowest BCUT2D eigenvalue weighted by atomic mass is 9.70. The van der Waals surface area contributed by atoms with Crippen molar-refractivity contribution in [2.75, 3.05) is 31.1 Å². The van der Waals surface area contributed by atoms with E-state index in [1.165, 1.54) is 0 Å². The molecular weight excluding hydrogens is 714 g/mol. The number of unbranched alkanes of at least 4 members (excludes halogenated alkanes) is 3. The standard InChI is InChI=1S/C40H50BrN3O7/c1-5-7-17-32(46)42-25-31(28-15-11-10-12-16-28)50-39(49)33-34-37(47)44(21-13-8-9-14-22-45)36(40(34)24-29(41)35(33)51-40)38(48)43(20-6-2)30-23-26(3)18-19-27(30)4/h5-6,10-12,15-16,18-19,23,29,31,33-36,45H,1-2,7-9,13-14,17,20-22,24-25H2,3-4H3,(H,42,46)/t29?,31-,33-,34+,35-,36-,40+/m0/s1. The Balaban J connectivity index is 1.49. The normalized spacial score (nSPS) is 25.3. The third-order valence-electron chi connectivity index (χ3n) is 10.3. The van der Waals surface area contributed by atoms with Gasteiger partial charge in [0, 0.05) is 36.6 Å². The molecular formula is C40H50BrN3O7. The second kappa shape index (κ2) is 17.1. The number of allylic oxidation sites excluding steroid dienone is 1. The molecule has 1 unspecified atom stereocenters. The van der Waals surface area contributed by atoms with E-state index in [1.807, 2.05) is 62.4 Å². The first kappa shape index (κ1) is 38.4. The number of hydrogen-bond donors (Lipinski definition) is 2. The van der Waals surface area contributed by atoms with E-state index in [9.17, 15) is 24.3 Å². The number of amides is 3. The number of anilines is 1. The van der Waals surface area contributed by atoms with Crippen LogP contribution in [0.1, 0.15) is 67.7 Å². The number of halogens is 1. The van der Waals surface area contributed by atoms with Crippen LogP contribution in [0.15, 0.2) is 73.8 Å². The summed E-state index contributed by atoms with van der Waals surface area (Å²) in [6.45, 7) is 12.2. The third kappa shape index (κ3) is 8.00. The minimum Gasteiger partial charge on any atom is -0.455 e. The van der Waals surface area contributed by atoms with Crippen molar-refractivity contribution in [3.63, 3.8) is 0 Å². The minimum absolute atomic E-state index is 0.0545. The maximum absolute atomic E-state index is 15.0. The Kier molecular flexibility index (Phi) is 12.9. The van der Waals surface area contributed by atoms with Crippen LogP contribution in [0.4, 0.5) is 5.69 Å². The van der Waals surface area contributed by atoms with Crippen molar-refractivity contribution >= 4 is 45.3 Å². The van der Waals surface area contributed by atoms with Gasteiger partial charge in [0.05, 0.1) is 24.5 Å². The van der Waals surface area contributed by atoms with Crippen LogP contribution in [-0.4, -0.2) is 82.5 Å². The van der Waals surface area contributed by atoms with Crippen molar-refractivity contribution in [2.45, 2.75) is 87.5 Å². The number of esters is 1. The fraction of sp³-hybridized carbons (Fsp3) is 0.500. The van der Waals surface area contributed by atoms with E-state index in [4.69, 9.17) is 9.47 Å². The van der Waals surface area contributed by atoms with Gasteiger partial charge in [-0.05, 0) is 62.3 Å². The molecule has 1 spiro atoms. The lowest BCUT2D eigenvalue weighted by Gasteiger charge is -2.37. The van der Waals surface area contributed by atoms with Gasteiger partial charge in [-0.25, -0.2) is 0 Å². The molecule has 0 radical (unpaired) electrons. The Morgan fingerprint density at radius 1 is 1.12 bits per heavy atom. The maximum Gasteiger partial charge on any atom is 0.313 e. The zero-order valence-corrected chi connectivity index (χ0v) is 31.2. The van der Waals surface area contributed by atoms with Crippen molar-refractivity contribution in [3.8, 4) is 0 Å². The van der Waals surface area contributed by atoms with Crippen LogP contribution < -0.4 is 10.2 Å². The summed E-state index contributed by atoms with van der Waals surface area (Å²) >= 11 is 3.76. The summed E-state index contributed by atoms with van der Waals surface area (Å²) in [6.07, 6.45) is 5.83. The Labute approximate surface area is 309 Å². The summed E-state index contributed by atoms with van der Waals surface area (Å²) in [5, 5.41) is 12.2. The molecule has 51 heavy (non-hydrogen) atoms. The number of rotatable bonds is 18. The Morgan fingerprint density at radius 2 is 1.86 bits per heavy atom. The molecule has 0 aliphatic carbocycles. The fourth-order valence-electron chi connectivity index (χ4n) is 7.90. The van der Waals surface area contributed by atoms with E-state index in [-0.39, 0.29) is 48.7 Å². The van der Waals surface area contributed by atoms with Crippen LogP contribution in [-0.2, 0) is 28.7 Å². The van der Waals surface area contributed by atoms with Crippen LogP contribution in [0.3, 0.4) is 0 Å². The third-order valence-corrected chi connectivity index (χ3v) is 11.2. The zero-order chi connectivity index (χ0) is 36.7. The van der Waals surface area contributed by atoms with Crippen molar-refractivity contribution in [3.05, 3.63) is 90.5 Å². The zero-order valence-electron chi connectivity index (χ0n) is 29.6. The van der Waals surface area contributed by atoms with Crippen LogP contribution in [0, 0.1) is 25.7 Å². The van der Waals surface area contributed by atoms with Gasteiger partial charge in [-0.1, -0.05) is 83.4 Å². The molecule has 3 heterocycles. The molecule has 7 atom stereocenters. The number of aryl methyl sites for hydroxylation is 2. The molecule has 3 fully saturated rings. The number of hydrogen-bond acceptors (Lipinski definition) is 7. The van der Waals surface area contributed by atoms with Gasteiger partial charge in [-0.15, -0.1) is 13.2 Å². The SMILES string of the molecule is C=CCCC(=O)NC[C@H](OC(=O)[C@@H]1[C@H]2O[C@@]3(CC2Br)[C@H](C(=O)N(CC=C)c2cc(C)ccc2C)N(CCCCCCO)C(=O)[C@@H]13)c1ccccc1. The highest BCUT2D eigenvalue weighted by atomic mass is 79.9. The fourth-order valence-corrected chi connectivity index (χ4v) is 8.84. The predicted octanol–water partition coefficient (Wildman–Crippen LogP) is 5.49. The number of likely N-dealkylation sites (tertiary alicyclic amines) is 1. The monoisotopic (exact) mass is 763 g/mol. The number of nitrogens with zero attached hydrogens (tertiary/aromatic N) is 2. The van der Waals surface area contributed by atoms with E-state index >= 15 is 0 Å². The largest absolute Gasteiger partial charge is 0.455 e. The van der Waals surface area contributed by atoms with Crippen LogP contribution in [0.2, 0.25) is 0 Å². The summed E-state index contributed by atoms with van der Waals surface area (Å²) in [5.41, 5.74) is 2.07. The summed E-state index contributed by atoms with van der Waals surface area (Å²) in [5.74, 6) is -3.28. The Hall–Kier alpha value is -3.80. The molecule has 11 heteroatoms. The van der Waals surface area contributed by atoms with Crippen molar-refractivity contribution in [1.82, 2.24) is 10.2 Å². The second-order valence-corrected chi connectivity index (χ2v) is 15.0. The van der Waals surface area contributed by atoms with Crippen LogP contribution >= 0.6 is 15.9 Å². The number of aliphatic hydroxyl groups excluding tert-OH is 1. The number of benzene rings is 2. The second-order valence-electron chi connectivity index (χ2n) is 13.8. The summed E-state index contributed by atoms with van der Waals surface area (Å²) in [7, 11) is 0. The maximum atomic E-state index is 15.0. The molecule has 3 aliphatic rings. The van der Waals surface area contributed by atoms with Gasteiger partial charge in [-0.3, -0.25) is 19.2 Å². The van der Waals surface area contributed by atoms with Gasteiger partial charge in [0.2, 0.25) is 11.8 Å². The van der Waals surface area contributed by atoms with Crippen molar-refractivity contribution < 1.29 is 33.8 Å². The summed E-state index contributed by atoms with van der Waals surface area (Å²) in [6, 6.07) is 14.1. The van der Waals surface area contributed by atoms with Crippen LogP contribution in [0.5, 0.6) is 0 Å². The average molecular weight is 765 g/mol. The molecule has 2 aromatic carbocycles. The molecule has 5 rings (SSSR count). The number of carbonyl (C=O) groups is 4. The molecule has 10 nitrogen and oxygen atoms in total. The number of nitrogens with one attached hydrogen (secondary N) is 1. The van der Waals surface area contributed by atoms with Gasteiger partial charge < -0.3 is 29.7 Å². The van der Waals surface area contributed by atoms with Crippen molar-refractivity contribution in [1.29, 1.82) is 0 Å². The highest BCUT2D eigenvalue weighted by Gasteiger charge is 2.77. The number of ether oxygens (including phenoxy) is 2. The van der Waals surface area contributed by atoms with Crippen LogP contribution in [0.25, 0.3) is 0 Å². The van der Waals surface area contributed by atoms with Gasteiger partial charge >= 0.3 is 5.97 Å².